The van der Waals surface area contributed by atoms with Gasteiger partial charge in [-0.2, -0.15) is 10.4 Å². The predicted molar refractivity (Wildman–Crippen MR) is 36.9 cm³/mol. The highest BCUT2D eigenvalue weighted by atomic mass is 15.3. The SMILES string of the molecule is N#CCCn1nccc1N. The zero-order valence-electron chi connectivity index (χ0n) is 5.49. The summed E-state index contributed by atoms with van der Waals surface area (Å²) in [6.45, 7) is 0.579. The molecular formula is C6H8N4. The molecule has 1 heterocycles. The van der Waals surface area contributed by atoms with Crippen LogP contribution in [-0.4, -0.2) is 9.78 Å². The standard InChI is InChI=1S/C6H8N4/c7-3-1-5-10-6(8)2-4-9-10/h2,4H,1,5,8H2. The maximum Gasteiger partial charge on any atom is 0.121 e. The Bertz CT molecular complexity index is 244. The molecule has 1 rings (SSSR count). The Kier molecular flexibility index (Phi) is 1.90. The Hall–Kier alpha value is -1.50. The molecule has 1 aromatic rings. The van der Waals surface area contributed by atoms with Crippen LogP contribution in [0.3, 0.4) is 0 Å². The molecule has 52 valence electrons. The van der Waals surface area contributed by atoms with E-state index in [0.717, 1.165) is 0 Å². The minimum absolute atomic E-state index is 0.450. The average Bonchev–Trinajstić information content (AvgIpc) is 2.31. The van der Waals surface area contributed by atoms with Crippen molar-refractivity contribution < 1.29 is 0 Å². The van der Waals surface area contributed by atoms with Crippen LogP contribution in [0, 0.1) is 11.3 Å². The number of nitrogens with zero attached hydrogens (tertiary/aromatic N) is 3. The van der Waals surface area contributed by atoms with Gasteiger partial charge in [0.05, 0.1) is 25.2 Å². The third-order valence-electron chi connectivity index (χ3n) is 1.18. The second-order valence-electron chi connectivity index (χ2n) is 1.89. The molecule has 0 unspecified atom stereocenters. The summed E-state index contributed by atoms with van der Waals surface area (Å²) in [5.41, 5.74) is 5.47. The first-order chi connectivity index (χ1) is 4.84. The number of aromatic nitrogens is 2. The first kappa shape index (κ1) is 6.62. The van der Waals surface area contributed by atoms with E-state index in [1.165, 1.54) is 0 Å². The summed E-state index contributed by atoms with van der Waals surface area (Å²) in [4.78, 5) is 0. The van der Waals surface area contributed by atoms with Crippen LogP contribution in [0.15, 0.2) is 12.3 Å². The summed E-state index contributed by atoms with van der Waals surface area (Å²) in [5.74, 6) is 0.607. The van der Waals surface area contributed by atoms with Gasteiger partial charge in [0.15, 0.2) is 0 Å². The fourth-order valence-corrected chi connectivity index (χ4v) is 0.686. The van der Waals surface area contributed by atoms with Gasteiger partial charge in [0.1, 0.15) is 5.82 Å². The first-order valence-electron chi connectivity index (χ1n) is 2.99. The first-order valence-corrected chi connectivity index (χ1v) is 2.99. The molecule has 0 atom stereocenters. The normalized spacial score (nSPS) is 9.10. The smallest absolute Gasteiger partial charge is 0.121 e. The third kappa shape index (κ3) is 1.26. The number of nitrogen functional groups attached to an aromatic ring is 1. The Balaban J connectivity index is 2.59. The summed E-state index contributed by atoms with van der Waals surface area (Å²) in [7, 11) is 0. The molecule has 10 heavy (non-hydrogen) atoms. The van der Waals surface area contributed by atoms with Crippen LogP contribution in [-0.2, 0) is 6.54 Å². The quantitative estimate of drug-likeness (QED) is 0.639. The van der Waals surface area contributed by atoms with Crippen LogP contribution < -0.4 is 5.73 Å². The second-order valence-corrected chi connectivity index (χ2v) is 1.89. The lowest BCUT2D eigenvalue weighted by Gasteiger charge is -1.97. The maximum absolute atomic E-state index is 8.22. The number of rotatable bonds is 2. The van der Waals surface area contributed by atoms with Crippen LogP contribution >= 0.6 is 0 Å². The Morgan fingerprint density at radius 1 is 1.80 bits per heavy atom. The van der Waals surface area contributed by atoms with Gasteiger partial charge in [-0.3, -0.25) is 0 Å². The summed E-state index contributed by atoms with van der Waals surface area (Å²) < 4.78 is 1.60. The Morgan fingerprint density at radius 3 is 3.10 bits per heavy atom. The van der Waals surface area contributed by atoms with Crippen LogP contribution in [0.2, 0.25) is 0 Å². The highest BCUT2D eigenvalue weighted by molar-refractivity contribution is 5.25. The summed E-state index contributed by atoms with van der Waals surface area (Å²) >= 11 is 0. The van der Waals surface area contributed by atoms with Crippen molar-refractivity contribution in [2.24, 2.45) is 0 Å². The van der Waals surface area contributed by atoms with Crippen molar-refractivity contribution in [3.63, 3.8) is 0 Å². The lowest BCUT2D eigenvalue weighted by Crippen LogP contribution is -2.03. The van der Waals surface area contributed by atoms with Gasteiger partial charge in [0.25, 0.3) is 0 Å². The molecule has 2 N–H and O–H groups in total. The van der Waals surface area contributed by atoms with Gasteiger partial charge in [-0.1, -0.05) is 0 Å². The van der Waals surface area contributed by atoms with Gasteiger partial charge in [-0.05, 0) is 6.07 Å². The van der Waals surface area contributed by atoms with Gasteiger partial charge < -0.3 is 5.73 Å². The summed E-state index contributed by atoms with van der Waals surface area (Å²) in [6, 6.07) is 3.72. The highest BCUT2D eigenvalue weighted by Crippen LogP contribution is 1.99. The van der Waals surface area contributed by atoms with Crippen molar-refractivity contribution >= 4 is 5.82 Å². The molecular weight excluding hydrogens is 128 g/mol. The largest absolute Gasteiger partial charge is 0.384 e. The summed E-state index contributed by atoms with van der Waals surface area (Å²) in [6.07, 6.45) is 2.07. The molecule has 0 aromatic carbocycles. The lowest BCUT2D eigenvalue weighted by atomic mass is 10.5. The number of hydrogen-bond acceptors (Lipinski definition) is 3. The highest BCUT2D eigenvalue weighted by Gasteiger charge is 1.94. The zero-order chi connectivity index (χ0) is 7.40. The fourth-order valence-electron chi connectivity index (χ4n) is 0.686. The van der Waals surface area contributed by atoms with Gasteiger partial charge in [0, 0.05) is 0 Å². The molecule has 0 aliphatic heterocycles. The van der Waals surface area contributed by atoms with E-state index in [9.17, 15) is 0 Å². The van der Waals surface area contributed by atoms with Gasteiger partial charge in [-0.15, -0.1) is 0 Å². The van der Waals surface area contributed by atoms with E-state index < -0.39 is 0 Å². The predicted octanol–water partition coefficient (Wildman–Crippen LogP) is 0.379. The molecule has 0 saturated carbocycles. The number of nitriles is 1. The Labute approximate surface area is 58.9 Å². The fraction of sp³-hybridized carbons (Fsp3) is 0.333. The summed E-state index contributed by atoms with van der Waals surface area (Å²) in [5, 5.41) is 12.1. The number of hydrogen-bond donors (Lipinski definition) is 1. The molecule has 0 amide bonds. The van der Waals surface area contributed by atoms with E-state index in [2.05, 4.69) is 5.10 Å². The van der Waals surface area contributed by atoms with Crippen molar-refractivity contribution in [3.05, 3.63) is 12.3 Å². The lowest BCUT2D eigenvalue weighted by molar-refractivity contribution is 0.637. The van der Waals surface area contributed by atoms with Gasteiger partial charge in [-0.25, -0.2) is 4.68 Å². The molecule has 4 nitrogen and oxygen atoms in total. The Morgan fingerprint density at radius 2 is 2.60 bits per heavy atom. The zero-order valence-corrected chi connectivity index (χ0v) is 5.49. The van der Waals surface area contributed by atoms with E-state index in [0.29, 0.717) is 18.8 Å². The minimum Gasteiger partial charge on any atom is -0.384 e. The maximum atomic E-state index is 8.22. The molecule has 0 aliphatic rings. The molecule has 0 bridgehead atoms. The molecule has 0 aliphatic carbocycles. The van der Waals surface area contributed by atoms with Crippen molar-refractivity contribution in [2.75, 3.05) is 5.73 Å². The van der Waals surface area contributed by atoms with E-state index in [4.69, 9.17) is 11.0 Å². The second kappa shape index (κ2) is 2.87. The third-order valence-corrected chi connectivity index (χ3v) is 1.18. The molecule has 0 saturated heterocycles. The van der Waals surface area contributed by atoms with Gasteiger partial charge >= 0.3 is 0 Å². The molecule has 4 heteroatoms. The number of nitrogens with two attached hydrogens (primary N) is 1. The van der Waals surface area contributed by atoms with Crippen LogP contribution in [0.25, 0.3) is 0 Å². The van der Waals surface area contributed by atoms with Crippen LogP contribution in [0.1, 0.15) is 6.42 Å². The topological polar surface area (TPSA) is 67.6 Å². The number of anilines is 1. The molecule has 0 spiro atoms. The van der Waals surface area contributed by atoms with Crippen LogP contribution in [0.5, 0.6) is 0 Å². The van der Waals surface area contributed by atoms with Crippen molar-refractivity contribution in [3.8, 4) is 6.07 Å². The number of aryl methyl sites for hydroxylation is 1. The average molecular weight is 136 g/mol. The molecule has 0 radical (unpaired) electrons. The van der Waals surface area contributed by atoms with E-state index in [1.807, 2.05) is 6.07 Å². The van der Waals surface area contributed by atoms with Crippen molar-refractivity contribution in [2.45, 2.75) is 13.0 Å². The van der Waals surface area contributed by atoms with Crippen molar-refractivity contribution in [1.82, 2.24) is 9.78 Å². The van der Waals surface area contributed by atoms with Crippen molar-refractivity contribution in [1.29, 1.82) is 5.26 Å². The van der Waals surface area contributed by atoms with E-state index in [1.54, 1.807) is 16.9 Å². The monoisotopic (exact) mass is 136 g/mol. The van der Waals surface area contributed by atoms with E-state index in [-0.39, 0.29) is 0 Å². The molecule has 1 aromatic heterocycles. The minimum atomic E-state index is 0.450. The van der Waals surface area contributed by atoms with Crippen LogP contribution in [0.4, 0.5) is 5.82 Å². The molecule has 0 fully saturated rings. The van der Waals surface area contributed by atoms with E-state index >= 15 is 0 Å². The van der Waals surface area contributed by atoms with Gasteiger partial charge in [0.2, 0.25) is 0 Å².